The number of nitro groups is 1. The lowest BCUT2D eigenvalue weighted by Crippen LogP contribution is -2.40. The Hall–Kier alpha value is -1.99. The highest BCUT2D eigenvalue weighted by Gasteiger charge is 2.21. The van der Waals surface area contributed by atoms with Gasteiger partial charge in [0.2, 0.25) is 5.91 Å². The molecule has 1 aliphatic carbocycles. The van der Waals surface area contributed by atoms with Gasteiger partial charge in [-0.3, -0.25) is 19.8 Å². The van der Waals surface area contributed by atoms with Crippen molar-refractivity contribution in [1.82, 2.24) is 4.90 Å². The molecule has 0 radical (unpaired) electrons. The van der Waals surface area contributed by atoms with Crippen molar-refractivity contribution in [2.24, 2.45) is 0 Å². The molecule has 0 saturated heterocycles. The molecule has 2 rings (SSSR count). The maximum absolute atomic E-state index is 12.3. The van der Waals surface area contributed by atoms with Crippen LogP contribution in [0.3, 0.4) is 0 Å². The van der Waals surface area contributed by atoms with Crippen molar-refractivity contribution < 1.29 is 14.8 Å². The molecule has 0 heterocycles. The van der Waals surface area contributed by atoms with Crippen LogP contribution < -0.4 is 5.32 Å². The number of nitrogens with one attached hydrogen (secondary N) is 1. The SMILES string of the molecule is Cc1ccc([N+](=O)[O-])cc1NC(=O)CCN(CCO)C1CCCCC1. The average Bonchev–Trinajstić information content (AvgIpc) is 2.61. The van der Waals surface area contributed by atoms with Gasteiger partial charge in [-0.1, -0.05) is 25.3 Å². The van der Waals surface area contributed by atoms with Crippen molar-refractivity contribution in [3.05, 3.63) is 33.9 Å². The van der Waals surface area contributed by atoms with Gasteiger partial charge in [0.05, 0.1) is 17.2 Å². The second-order valence-corrected chi connectivity index (χ2v) is 6.61. The summed E-state index contributed by atoms with van der Waals surface area (Å²) in [5, 5.41) is 22.9. The quantitative estimate of drug-likeness (QED) is 0.556. The summed E-state index contributed by atoms with van der Waals surface area (Å²) in [6.45, 7) is 3.06. The zero-order chi connectivity index (χ0) is 18.2. The number of rotatable bonds is 8. The number of nitro benzene ring substituents is 1. The predicted molar refractivity (Wildman–Crippen MR) is 96.6 cm³/mol. The molecular formula is C18H27N3O4. The van der Waals surface area contributed by atoms with Crippen LogP contribution in [0.15, 0.2) is 18.2 Å². The average molecular weight is 349 g/mol. The molecule has 25 heavy (non-hydrogen) atoms. The van der Waals surface area contributed by atoms with E-state index < -0.39 is 4.92 Å². The first-order valence-electron chi connectivity index (χ1n) is 8.91. The van der Waals surface area contributed by atoms with Crippen LogP contribution in [-0.4, -0.2) is 46.6 Å². The minimum absolute atomic E-state index is 0.0370. The summed E-state index contributed by atoms with van der Waals surface area (Å²) in [7, 11) is 0. The molecule has 1 aromatic rings. The molecule has 0 aromatic heterocycles. The van der Waals surface area contributed by atoms with Gasteiger partial charge >= 0.3 is 0 Å². The van der Waals surface area contributed by atoms with E-state index in [0.717, 1.165) is 18.4 Å². The highest BCUT2D eigenvalue weighted by atomic mass is 16.6. The molecule has 0 bridgehead atoms. The largest absolute Gasteiger partial charge is 0.395 e. The zero-order valence-electron chi connectivity index (χ0n) is 14.7. The van der Waals surface area contributed by atoms with Gasteiger partial charge in [-0.05, 0) is 25.3 Å². The molecule has 7 nitrogen and oxygen atoms in total. The van der Waals surface area contributed by atoms with E-state index in [9.17, 15) is 20.0 Å². The van der Waals surface area contributed by atoms with Crippen LogP contribution in [0.5, 0.6) is 0 Å². The number of non-ortho nitro benzene ring substituents is 1. The van der Waals surface area contributed by atoms with E-state index in [1.54, 1.807) is 13.0 Å². The summed E-state index contributed by atoms with van der Waals surface area (Å²) in [4.78, 5) is 24.9. The summed E-state index contributed by atoms with van der Waals surface area (Å²) < 4.78 is 0. The Kier molecular flexibility index (Phi) is 7.33. The lowest BCUT2D eigenvalue weighted by molar-refractivity contribution is -0.384. The van der Waals surface area contributed by atoms with Gasteiger partial charge in [0.15, 0.2) is 0 Å². The summed E-state index contributed by atoms with van der Waals surface area (Å²) in [5.41, 5.74) is 1.23. The third-order valence-corrected chi connectivity index (χ3v) is 4.81. The van der Waals surface area contributed by atoms with E-state index in [1.807, 2.05) is 0 Å². The van der Waals surface area contributed by atoms with E-state index in [-0.39, 0.29) is 18.2 Å². The fourth-order valence-corrected chi connectivity index (χ4v) is 3.37. The number of carbonyl (C=O) groups excluding carboxylic acids is 1. The number of anilines is 1. The molecular weight excluding hydrogens is 322 g/mol. The van der Waals surface area contributed by atoms with Crippen molar-refractivity contribution in [1.29, 1.82) is 0 Å². The second-order valence-electron chi connectivity index (χ2n) is 6.61. The van der Waals surface area contributed by atoms with Crippen molar-refractivity contribution in [3.63, 3.8) is 0 Å². The summed E-state index contributed by atoms with van der Waals surface area (Å²) in [6.07, 6.45) is 6.20. The molecule has 138 valence electrons. The van der Waals surface area contributed by atoms with E-state index >= 15 is 0 Å². The monoisotopic (exact) mass is 349 g/mol. The summed E-state index contributed by atoms with van der Waals surface area (Å²) in [6, 6.07) is 4.89. The smallest absolute Gasteiger partial charge is 0.271 e. The van der Waals surface area contributed by atoms with E-state index in [1.165, 1.54) is 31.4 Å². The third kappa shape index (κ3) is 5.79. The van der Waals surface area contributed by atoms with Crippen LogP contribution in [0.1, 0.15) is 44.1 Å². The number of aryl methyl sites for hydroxylation is 1. The maximum Gasteiger partial charge on any atom is 0.271 e. The number of hydrogen-bond donors (Lipinski definition) is 2. The first kappa shape index (κ1) is 19.3. The normalized spacial score (nSPS) is 15.3. The number of aliphatic hydroxyl groups is 1. The Morgan fingerprint density at radius 1 is 1.32 bits per heavy atom. The zero-order valence-corrected chi connectivity index (χ0v) is 14.7. The molecule has 1 aliphatic rings. The Balaban J connectivity index is 1.92. The van der Waals surface area contributed by atoms with E-state index in [2.05, 4.69) is 10.2 Å². The lowest BCUT2D eigenvalue weighted by Gasteiger charge is -2.33. The number of carbonyl (C=O) groups is 1. The van der Waals surface area contributed by atoms with Gasteiger partial charge in [0.25, 0.3) is 5.69 Å². The first-order valence-corrected chi connectivity index (χ1v) is 8.91. The summed E-state index contributed by atoms with van der Waals surface area (Å²) in [5.74, 6) is -0.164. The number of nitrogens with zero attached hydrogens (tertiary/aromatic N) is 2. The van der Waals surface area contributed by atoms with Crippen LogP contribution in [0, 0.1) is 17.0 Å². The van der Waals surface area contributed by atoms with Crippen molar-refractivity contribution in [2.45, 2.75) is 51.5 Å². The van der Waals surface area contributed by atoms with Crippen LogP contribution in [-0.2, 0) is 4.79 Å². The van der Waals surface area contributed by atoms with Crippen LogP contribution in [0.25, 0.3) is 0 Å². The number of hydrogen-bond acceptors (Lipinski definition) is 5. The second kappa shape index (κ2) is 9.48. The molecule has 1 saturated carbocycles. The fourth-order valence-electron chi connectivity index (χ4n) is 3.37. The molecule has 0 aliphatic heterocycles. The van der Waals surface area contributed by atoms with Gasteiger partial charge in [0.1, 0.15) is 0 Å². The van der Waals surface area contributed by atoms with Gasteiger partial charge < -0.3 is 10.4 Å². The molecule has 1 amide bonds. The Bertz CT molecular complexity index is 600. The standard InChI is InChI=1S/C18H27N3O4/c1-14-7-8-16(21(24)25)13-17(14)19-18(23)9-10-20(11-12-22)15-5-3-2-4-6-15/h7-8,13,15,22H,2-6,9-12H2,1H3,(H,19,23). The first-order chi connectivity index (χ1) is 12.0. The highest BCUT2D eigenvalue weighted by Crippen LogP contribution is 2.24. The van der Waals surface area contributed by atoms with Crippen LogP contribution in [0.2, 0.25) is 0 Å². The van der Waals surface area contributed by atoms with Gasteiger partial charge in [-0.15, -0.1) is 0 Å². The number of aliphatic hydroxyl groups excluding tert-OH is 1. The molecule has 1 aromatic carbocycles. The highest BCUT2D eigenvalue weighted by molar-refractivity contribution is 5.92. The molecule has 0 spiro atoms. The van der Waals surface area contributed by atoms with E-state index in [0.29, 0.717) is 31.2 Å². The minimum atomic E-state index is -0.471. The van der Waals surface area contributed by atoms with Crippen molar-refractivity contribution in [3.8, 4) is 0 Å². The third-order valence-electron chi connectivity index (χ3n) is 4.81. The topological polar surface area (TPSA) is 95.7 Å². The van der Waals surface area contributed by atoms with Gasteiger partial charge in [0, 0.05) is 37.7 Å². The number of benzene rings is 1. The molecule has 7 heteroatoms. The molecule has 0 atom stereocenters. The van der Waals surface area contributed by atoms with Crippen LogP contribution in [0.4, 0.5) is 11.4 Å². The molecule has 2 N–H and O–H groups in total. The summed E-state index contributed by atoms with van der Waals surface area (Å²) >= 11 is 0. The predicted octanol–water partition coefficient (Wildman–Crippen LogP) is 2.86. The van der Waals surface area contributed by atoms with Crippen molar-refractivity contribution >= 4 is 17.3 Å². The van der Waals surface area contributed by atoms with Gasteiger partial charge in [-0.2, -0.15) is 0 Å². The molecule has 0 unspecified atom stereocenters. The van der Waals surface area contributed by atoms with Crippen LogP contribution >= 0.6 is 0 Å². The Morgan fingerprint density at radius 2 is 2.04 bits per heavy atom. The minimum Gasteiger partial charge on any atom is -0.395 e. The van der Waals surface area contributed by atoms with Gasteiger partial charge in [-0.25, -0.2) is 0 Å². The Labute approximate surface area is 148 Å². The maximum atomic E-state index is 12.3. The van der Waals surface area contributed by atoms with E-state index in [4.69, 9.17) is 0 Å². The molecule has 1 fully saturated rings. The van der Waals surface area contributed by atoms with Crippen molar-refractivity contribution in [2.75, 3.05) is 25.0 Å². The Morgan fingerprint density at radius 3 is 2.68 bits per heavy atom. The lowest BCUT2D eigenvalue weighted by atomic mass is 9.94. The fraction of sp³-hybridized carbons (Fsp3) is 0.611. The number of amides is 1.